The molecule has 3 amide bonds. The molecule has 2 heterocycles. The highest BCUT2D eigenvalue weighted by Gasteiger charge is 2.24. The number of urea groups is 1. The Morgan fingerprint density at radius 1 is 1.09 bits per heavy atom. The number of benzene rings is 2. The van der Waals surface area contributed by atoms with Gasteiger partial charge in [-0.1, -0.05) is 47.5 Å². The molecule has 3 N–H and O–H groups in total. The van der Waals surface area contributed by atoms with Gasteiger partial charge in [-0.25, -0.2) is 9.78 Å². The molecule has 170 valence electrons. The van der Waals surface area contributed by atoms with E-state index < -0.39 is 0 Å². The molecule has 33 heavy (non-hydrogen) atoms. The Morgan fingerprint density at radius 3 is 2.67 bits per heavy atom. The van der Waals surface area contributed by atoms with Gasteiger partial charge in [0.2, 0.25) is 0 Å². The molecule has 1 fully saturated rings. The van der Waals surface area contributed by atoms with Crippen molar-refractivity contribution in [2.75, 3.05) is 23.7 Å². The van der Waals surface area contributed by atoms with Crippen molar-refractivity contribution < 1.29 is 9.59 Å². The second-order valence-electron chi connectivity index (χ2n) is 8.20. The first-order valence-electron chi connectivity index (χ1n) is 10.8. The second kappa shape index (κ2) is 10.5. The quantitative estimate of drug-likeness (QED) is 0.495. The lowest BCUT2D eigenvalue weighted by atomic mass is 10.1. The minimum Gasteiger partial charge on any atom is -0.334 e. The average Bonchev–Trinajstić information content (AvgIpc) is 3.23. The van der Waals surface area contributed by atoms with Crippen LogP contribution in [0.5, 0.6) is 0 Å². The Balaban J connectivity index is 1.27. The molecule has 1 unspecified atom stereocenters. The average molecular weight is 464 g/mol. The largest absolute Gasteiger partial charge is 0.334 e. The van der Waals surface area contributed by atoms with Gasteiger partial charge in [0, 0.05) is 43.1 Å². The molecule has 0 bridgehead atoms. The zero-order chi connectivity index (χ0) is 23.2. The van der Waals surface area contributed by atoms with E-state index in [9.17, 15) is 9.59 Å². The summed E-state index contributed by atoms with van der Waals surface area (Å²) in [4.78, 5) is 31.4. The summed E-state index contributed by atoms with van der Waals surface area (Å²) in [6.45, 7) is 4.70. The van der Waals surface area contributed by atoms with Gasteiger partial charge >= 0.3 is 6.03 Å². The number of nitrogens with zero attached hydrogens (tertiary/aromatic N) is 2. The minimum absolute atomic E-state index is 0.0814. The Hall–Kier alpha value is -3.42. The van der Waals surface area contributed by atoms with Gasteiger partial charge in [0.1, 0.15) is 5.82 Å². The van der Waals surface area contributed by atoms with Gasteiger partial charge in [0.25, 0.3) is 5.91 Å². The molecule has 1 aliphatic rings. The molecular weight excluding hydrogens is 438 g/mol. The fourth-order valence-electron chi connectivity index (χ4n) is 3.77. The third-order valence-electron chi connectivity index (χ3n) is 5.49. The SMILES string of the molecule is Cc1ccc(CN2CCC(NC(=O)Nc3cccc(C(=O)Nc4ccc(Cl)cn4)c3)C2)cc1. The van der Waals surface area contributed by atoms with Crippen LogP contribution in [0.1, 0.15) is 27.9 Å². The monoisotopic (exact) mass is 463 g/mol. The zero-order valence-electron chi connectivity index (χ0n) is 18.3. The van der Waals surface area contributed by atoms with Crippen LogP contribution in [0.3, 0.4) is 0 Å². The third kappa shape index (κ3) is 6.54. The van der Waals surface area contributed by atoms with Crippen molar-refractivity contribution in [2.45, 2.75) is 25.9 Å². The van der Waals surface area contributed by atoms with Crippen molar-refractivity contribution in [1.82, 2.24) is 15.2 Å². The van der Waals surface area contributed by atoms with Crippen LogP contribution in [0.4, 0.5) is 16.3 Å². The van der Waals surface area contributed by atoms with E-state index in [4.69, 9.17) is 11.6 Å². The number of carbonyl (C=O) groups is 2. The molecular formula is C25H26ClN5O2. The van der Waals surface area contributed by atoms with Crippen LogP contribution in [0.2, 0.25) is 5.02 Å². The number of nitrogens with one attached hydrogen (secondary N) is 3. The van der Waals surface area contributed by atoms with E-state index in [1.807, 2.05) is 0 Å². The summed E-state index contributed by atoms with van der Waals surface area (Å²) in [6, 6.07) is 18.4. The van der Waals surface area contributed by atoms with E-state index in [-0.39, 0.29) is 18.0 Å². The van der Waals surface area contributed by atoms with Crippen molar-refractivity contribution in [3.05, 3.63) is 88.6 Å². The van der Waals surface area contributed by atoms with Crippen LogP contribution in [0.25, 0.3) is 0 Å². The standard InChI is InChI=1S/C25H26ClN5O2/c1-17-5-7-18(8-6-17)15-31-12-11-22(16-31)29-25(33)28-21-4-2-3-19(13-21)24(32)30-23-10-9-20(26)14-27-23/h2-10,13-14,22H,11-12,15-16H2,1H3,(H,27,30,32)(H2,28,29,33). The van der Waals surface area contributed by atoms with Crippen LogP contribution in [-0.2, 0) is 6.54 Å². The van der Waals surface area contributed by atoms with Gasteiger partial charge in [-0.2, -0.15) is 0 Å². The van der Waals surface area contributed by atoms with E-state index in [1.165, 1.54) is 17.3 Å². The maximum atomic E-state index is 12.5. The van der Waals surface area contributed by atoms with Crippen LogP contribution >= 0.6 is 11.6 Å². The number of hydrogen-bond acceptors (Lipinski definition) is 4. The molecule has 3 aromatic rings. The van der Waals surface area contributed by atoms with Crippen molar-refractivity contribution in [3.8, 4) is 0 Å². The predicted molar refractivity (Wildman–Crippen MR) is 131 cm³/mol. The highest BCUT2D eigenvalue weighted by molar-refractivity contribution is 6.30. The molecule has 8 heteroatoms. The molecule has 0 spiro atoms. The molecule has 1 saturated heterocycles. The third-order valence-corrected chi connectivity index (χ3v) is 5.71. The van der Waals surface area contributed by atoms with E-state index >= 15 is 0 Å². The van der Waals surface area contributed by atoms with E-state index in [0.717, 1.165) is 26.1 Å². The number of hydrogen-bond donors (Lipinski definition) is 3. The fraction of sp³-hybridized carbons (Fsp3) is 0.240. The Bertz CT molecular complexity index is 1120. The van der Waals surface area contributed by atoms with Crippen molar-refractivity contribution in [3.63, 3.8) is 0 Å². The summed E-state index contributed by atoms with van der Waals surface area (Å²) >= 11 is 5.82. The van der Waals surface area contributed by atoms with E-state index in [2.05, 4.69) is 57.0 Å². The fourth-order valence-corrected chi connectivity index (χ4v) is 3.89. The van der Waals surface area contributed by atoms with Gasteiger partial charge in [-0.3, -0.25) is 9.69 Å². The first kappa shape index (κ1) is 22.8. The topological polar surface area (TPSA) is 86.4 Å². The summed E-state index contributed by atoms with van der Waals surface area (Å²) in [5.41, 5.74) is 3.47. The lowest BCUT2D eigenvalue weighted by molar-refractivity contribution is 0.102. The molecule has 1 aromatic heterocycles. The van der Waals surface area contributed by atoms with Gasteiger partial charge in [0.15, 0.2) is 0 Å². The number of pyridine rings is 1. The van der Waals surface area contributed by atoms with Crippen LogP contribution in [0, 0.1) is 6.92 Å². The molecule has 0 saturated carbocycles. The van der Waals surface area contributed by atoms with E-state index in [0.29, 0.717) is 22.1 Å². The summed E-state index contributed by atoms with van der Waals surface area (Å²) in [5.74, 6) is 0.0772. The first-order chi connectivity index (χ1) is 15.9. The molecule has 0 radical (unpaired) electrons. The lowest BCUT2D eigenvalue weighted by Crippen LogP contribution is -2.39. The smallest absolute Gasteiger partial charge is 0.319 e. The number of rotatable bonds is 6. The normalized spacial score (nSPS) is 15.8. The summed E-state index contributed by atoms with van der Waals surface area (Å²) < 4.78 is 0. The highest BCUT2D eigenvalue weighted by atomic mass is 35.5. The molecule has 2 aromatic carbocycles. The number of anilines is 2. The van der Waals surface area contributed by atoms with Gasteiger partial charge in [0.05, 0.1) is 5.02 Å². The van der Waals surface area contributed by atoms with E-state index in [1.54, 1.807) is 36.4 Å². The Kier molecular flexibility index (Phi) is 7.22. The maximum absolute atomic E-state index is 12.5. The Labute approximate surface area is 198 Å². The maximum Gasteiger partial charge on any atom is 0.319 e. The molecule has 1 atom stereocenters. The molecule has 4 rings (SSSR count). The van der Waals surface area contributed by atoms with Crippen LogP contribution in [0.15, 0.2) is 66.9 Å². The Morgan fingerprint density at radius 2 is 1.91 bits per heavy atom. The number of halogens is 1. The van der Waals surface area contributed by atoms with Gasteiger partial charge in [-0.15, -0.1) is 0 Å². The zero-order valence-corrected chi connectivity index (χ0v) is 19.1. The van der Waals surface area contributed by atoms with Crippen LogP contribution < -0.4 is 16.0 Å². The molecule has 0 aliphatic carbocycles. The number of aryl methyl sites for hydroxylation is 1. The number of carbonyl (C=O) groups excluding carboxylic acids is 2. The highest BCUT2D eigenvalue weighted by Crippen LogP contribution is 2.16. The van der Waals surface area contributed by atoms with Crippen molar-refractivity contribution in [1.29, 1.82) is 0 Å². The van der Waals surface area contributed by atoms with Crippen LogP contribution in [-0.4, -0.2) is 41.0 Å². The summed E-state index contributed by atoms with van der Waals surface area (Å²) in [5, 5.41) is 9.06. The van der Waals surface area contributed by atoms with Crippen molar-refractivity contribution in [2.24, 2.45) is 0 Å². The number of amides is 3. The van der Waals surface area contributed by atoms with Crippen molar-refractivity contribution >= 4 is 35.0 Å². The first-order valence-corrected chi connectivity index (χ1v) is 11.2. The second-order valence-corrected chi connectivity index (χ2v) is 8.64. The minimum atomic E-state index is -0.323. The van der Waals surface area contributed by atoms with Gasteiger partial charge < -0.3 is 16.0 Å². The number of aromatic nitrogens is 1. The summed E-state index contributed by atoms with van der Waals surface area (Å²) in [6.07, 6.45) is 2.36. The molecule has 1 aliphatic heterocycles. The summed E-state index contributed by atoms with van der Waals surface area (Å²) in [7, 11) is 0. The number of likely N-dealkylation sites (tertiary alicyclic amines) is 1. The lowest BCUT2D eigenvalue weighted by Gasteiger charge is -2.17. The van der Waals surface area contributed by atoms with Gasteiger partial charge in [-0.05, 0) is 49.2 Å². The predicted octanol–water partition coefficient (Wildman–Crippen LogP) is 4.69. The molecule has 7 nitrogen and oxygen atoms in total.